The van der Waals surface area contributed by atoms with Gasteiger partial charge in [-0.1, -0.05) is 66.7 Å². The van der Waals surface area contributed by atoms with Crippen molar-refractivity contribution in [1.82, 2.24) is 0 Å². The molecule has 112 valence electrons. The second-order valence-corrected chi connectivity index (χ2v) is 4.59. The first-order valence-electron chi connectivity index (χ1n) is 6.84. The summed E-state index contributed by atoms with van der Waals surface area (Å²) < 4.78 is 4.83. The maximum absolute atomic E-state index is 11.8. The molecule has 22 heavy (non-hydrogen) atoms. The lowest BCUT2D eigenvalue weighted by molar-refractivity contribution is -0.156. The minimum Gasteiger partial charge on any atom is -0.456 e. The molecule has 0 aromatic heterocycles. The van der Waals surface area contributed by atoms with E-state index < -0.39 is 17.9 Å². The minimum atomic E-state index is -1.49. The van der Waals surface area contributed by atoms with Crippen LogP contribution in [0.2, 0.25) is 0 Å². The molecule has 0 radical (unpaired) electrons. The Morgan fingerprint density at radius 3 is 2.23 bits per heavy atom. The molecular weight excluding hydrogens is 280 g/mol. The van der Waals surface area contributed by atoms with Crippen LogP contribution in [0.15, 0.2) is 66.7 Å². The van der Waals surface area contributed by atoms with E-state index in [2.05, 4.69) is 0 Å². The van der Waals surface area contributed by atoms with Gasteiger partial charge in [0.2, 0.25) is 0 Å². The van der Waals surface area contributed by atoms with E-state index in [1.54, 1.807) is 42.5 Å². The smallest absolute Gasteiger partial charge is 0.378 e. The molecular formula is C18H16O4. The Kier molecular flexibility index (Phi) is 5.63. The topological polar surface area (TPSA) is 63.6 Å². The van der Waals surface area contributed by atoms with Crippen molar-refractivity contribution in [3.05, 3.63) is 77.9 Å². The zero-order chi connectivity index (χ0) is 15.8. The summed E-state index contributed by atoms with van der Waals surface area (Å²) in [6.07, 6.45) is 1.92. The lowest BCUT2D eigenvalue weighted by Gasteiger charge is -2.08. The summed E-state index contributed by atoms with van der Waals surface area (Å²) in [5, 5.41) is 9.83. The Balaban J connectivity index is 1.84. The number of hydrogen-bond donors (Lipinski definition) is 1. The van der Waals surface area contributed by atoms with Crippen LogP contribution >= 0.6 is 0 Å². The summed E-state index contributed by atoms with van der Waals surface area (Å²) in [6.45, 7) is -0.0268. The predicted molar refractivity (Wildman–Crippen MR) is 82.8 cm³/mol. The molecule has 1 unspecified atom stereocenters. The summed E-state index contributed by atoms with van der Waals surface area (Å²) in [6, 6.07) is 17.8. The van der Waals surface area contributed by atoms with Crippen LogP contribution in [0.5, 0.6) is 0 Å². The van der Waals surface area contributed by atoms with Crippen molar-refractivity contribution in [2.75, 3.05) is 6.61 Å². The van der Waals surface area contributed by atoms with E-state index >= 15 is 0 Å². The molecule has 2 aromatic rings. The minimum absolute atomic E-state index is 0.0268. The molecule has 0 aliphatic heterocycles. The third kappa shape index (κ3) is 4.40. The summed E-state index contributed by atoms with van der Waals surface area (Å²) in [5.74, 6) is -2.02. The molecule has 0 fully saturated rings. The van der Waals surface area contributed by atoms with Gasteiger partial charge in [0, 0.05) is 0 Å². The predicted octanol–water partition coefficient (Wildman–Crippen LogP) is 2.55. The zero-order valence-corrected chi connectivity index (χ0v) is 11.9. The van der Waals surface area contributed by atoms with Gasteiger partial charge in [0.15, 0.2) is 0 Å². The van der Waals surface area contributed by atoms with Crippen molar-refractivity contribution in [2.45, 2.75) is 6.10 Å². The number of carbonyl (C=O) groups is 2. The van der Waals surface area contributed by atoms with Gasteiger partial charge in [-0.25, -0.2) is 4.79 Å². The van der Waals surface area contributed by atoms with Crippen molar-refractivity contribution in [3.8, 4) is 0 Å². The first-order valence-corrected chi connectivity index (χ1v) is 6.84. The average Bonchev–Trinajstić information content (AvgIpc) is 2.59. The third-order valence-corrected chi connectivity index (χ3v) is 2.99. The van der Waals surface area contributed by atoms with E-state index in [1.165, 1.54) is 0 Å². The molecule has 4 nitrogen and oxygen atoms in total. The fraction of sp³-hybridized carbons (Fsp3) is 0.111. The Morgan fingerprint density at radius 1 is 1.00 bits per heavy atom. The molecule has 1 atom stereocenters. The number of ether oxygens (including phenoxy) is 1. The van der Waals surface area contributed by atoms with E-state index in [0.717, 1.165) is 5.56 Å². The zero-order valence-electron chi connectivity index (χ0n) is 11.9. The molecule has 0 aliphatic rings. The Hall–Kier alpha value is -2.72. The maximum Gasteiger partial charge on any atom is 0.378 e. The second-order valence-electron chi connectivity index (χ2n) is 4.59. The standard InChI is InChI=1S/C18H16O4/c19-16(15-11-5-2-6-12-15)17(20)18(21)22-13-7-10-14-8-3-1-4-9-14/h1-12,16,19H,13H2/b10-7+. The highest BCUT2D eigenvalue weighted by molar-refractivity contribution is 6.35. The van der Waals surface area contributed by atoms with Gasteiger partial charge in [-0.15, -0.1) is 0 Å². The summed E-state index contributed by atoms with van der Waals surface area (Å²) in [4.78, 5) is 23.4. The maximum atomic E-state index is 11.8. The number of ketones is 1. The number of rotatable bonds is 6. The number of benzene rings is 2. The molecule has 0 amide bonds. The van der Waals surface area contributed by atoms with Crippen molar-refractivity contribution in [3.63, 3.8) is 0 Å². The van der Waals surface area contributed by atoms with Crippen molar-refractivity contribution in [2.24, 2.45) is 0 Å². The summed E-state index contributed by atoms with van der Waals surface area (Å²) in [7, 11) is 0. The molecule has 1 N–H and O–H groups in total. The van der Waals surface area contributed by atoms with Crippen LogP contribution in [0.3, 0.4) is 0 Å². The first kappa shape index (κ1) is 15.7. The average molecular weight is 296 g/mol. The van der Waals surface area contributed by atoms with E-state index in [1.807, 2.05) is 30.3 Å². The molecule has 2 aromatic carbocycles. The van der Waals surface area contributed by atoms with Crippen molar-refractivity contribution in [1.29, 1.82) is 0 Å². The number of aliphatic hydroxyl groups is 1. The van der Waals surface area contributed by atoms with Gasteiger partial charge in [0.05, 0.1) is 0 Å². The Bertz CT molecular complexity index is 647. The largest absolute Gasteiger partial charge is 0.456 e. The quantitative estimate of drug-likeness (QED) is 0.657. The Morgan fingerprint density at radius 2 is 1.59 bits per heavy atom. The fourth-order valence-corrected chi connectivity index (χ4v) is 1.84. The van der Waals surface area contributed by atoms with Crippen LogP contribution < -0.4 is 0 Å². The number of hydrogen-bond acceptors (Lipinski definition) is 4. The monoisotopic (exact) mass is 296 g/mol. The van der Waals surface area contributed by atoms with Gasteiger partial charge in [0.1, 0.15) is 12.7 Å². The van der Waals surface area contributed by atoms with Crippen molar-refractivity contribution >= 4 is 17.8 Å². The van der Waals surface area contributed by atoms with E-state index in [9.17, 15) is 14.7 Å². The molecule has 0 saturated heterocycles. The summed E-state index contributed by atoms with van der Waals surface area (Å²) in [5.41, 5.74) is 1.33. The van der Waals surface area contributed by atoms with Crippen molar-refractivity contribution < 1.29 is 19.4 Å². The van der Waals surface area contributed by atoms with Crippen LogP contribution in [0.4, 0.5) is 0 Å². The molecule has 2 rings (SSSR count). The normalized spacial score (nSPS) is 12.0. The van der Waals surface area contributed by atoms with E-state index in [4.69, 9.17) is 4.74 Å². The van der Waals surface area contributed by atoms with Crippen LogP contribution in [-0.2, 0) is 14.3 Å². The molecule has 0 heterocycles. The second kappa shape index (κ2) is 7.90. The highest BCUT2D eigenvalue weighted by Gasteiger charge is 2.25. The van der Waals surface area contributed by atoms with Gasteiger partial charge >= 0.3 is 5.97 Å². The first-order chi connectivity index (χ1) is 10.7. The highest BCUT2D eigenvalue weighted by atomic mass is 16.5. The lowest BCUT2D eigenvalue weighted by atomic mass is 10.1. The van der Waals surface area contributed by atoms with Gasteiger partial charge < -0.3 is 9.84 Å². The highest BCUT2D eigenvalue weighted by Crippen LogP contribution is 2.13. The number of carbonyl (C=O) groups excluding carboxylic acids is 2. The SMILES string of the molecule is O=C(OC/C=C/c1ccccc1)C(=O)C(O)c1ccccc1. The molecule has 0 saturated carbocycles. The van der Waals surface area contributed by atoms with Gasteiger partial charge in [-0.2, -0.15) is 0 Å². The van der Waals surface area contributed by atoms with Crippen LogP contribution in [0, 0.1) is 0 Å². The number of aliphatic hydroxyl groups excluding tert-OH is 1. The van der Waals surface area contributed by atoms with E-state index in [-0.39, 0.29) is 6.61 Å². The number of esters is 1. The summed E-state index contributed by atoms with van der Waals surface area (Å²) >= 11 is 0. The van der Waals surface area contributed by atoms with Gasteiger partial charge in [-0.3, -0.25) is 4.79 Å². The number of Topliss-reactive ketones (excluding diaryl/α,β-unsaturated/α-hetero) is 1. The molecule has 4 heteroatoms. The Labute approximate surface area is 128 Å². The van der Waals surface area contributed by atoms with Crippen LogP contribution in [0.25, 0.3) is 6.08 Å². The fourth-order valence-electron chi connectivity index (χ4n) is 1.84. The van der Waals surface area contributed by atoms with Crippen LogP contribution in [-0.4, -0.2) is 23.5 Å². The molecule has 0 spiro atoms. The van der Waals surface area contributed by atoms with E-state index in [0.29, 0.717) is 5.56 Å². The van der Waals surface area contributed by atoms with Gasteiger partial charge in [0.25, 0.3) is 5.78 Å². The molecule has 0 bridgehead atoms. The lowest BCUT2D eigenvalue weighted by Crippen LogP contribution is -2.24. The molecule has 0 aliphatic carbocycles. The van der Waals surface area contributed by atoms with Crippen LogP contribution in [0.1, 0.15) is 17.2 Å². The van der Waals surface area contributed by atoms with Gasteiger partial charge in [-0.05, 0) is 17.2 Å². The third-order valence-electron chi connectivity index (χ3n) is 2.99.